The van der Waals surface area contributed by atoms with Crippen LogP contribution in [0.4, 0.5) is 0 Å². The van der Waals surface area contributed by atoms with E-state index in [4.69, 9.17) is 4.74 Å². The van der Waals surface area contributed by atoms with Gasteiger partial charge in [0.05, 0.1) is 18.0 Å². The van der Waals surface area contributed by atoms with E-state index in [1.54, 1.807) is 23.7 Å². The molecule has 4 rings (SSSR count). The Hall–Kier alpha value is -1.86. The summed E-state index contributed by atoms with van der Waals surface area (Å²) in [6.07, 6.45) is 7.15. The molecule has 0 saturated carbocycles. The average molecular weight is 330 g/mol. The molecule has 0 spiro atoms. The molecule has 0 unspecified atom stereocenters. The van der Waals surface area contributed by atoms with Gasteiger partial charge in [-0.25, -0.2) is 9.97 Å². The topological polar surface area (TPSA) is 68.2 Å². The summed E-state index contributed by atoms with van der Waals surface area (Å²) in [5.74, 6) is 0.453. The third-order valence-corrected chi connectivity index (χ3v) is 5.43. The van der Waals surface area contributed by atoms with E-state index in [1.807, 2.05) is 23.4 Å². The summed E-state index contributed by atoms with van der Waals surface area (Å²) in [6.45, 7) is 3.24. The molecule has 4 heterocycles. The Balaban J connectivity index is 1.44. The summed E-state index contributed by atoms with van der Waals surface area (Å²) in [6, 6.07) is 0. The van der Waals surface area contributed by atoms with Crippen molar-refractivity contribution >= 4 is 17.2 Å². The van der Waals surface area contributed by atoms with Crippen LogP contribution in [0.15, 0.2) is 24.0 Å². The van der Waals surface area contributed by atoms with Crippen LogP contribution in [0.3, 0.4) is 0 Å². The molecule has 2 aliphatic rings. The Morgan fingerprint density at radius 2 is 2.26 bits per heavy atom. The second-order valence-electron chi connectivity index (χ2n) is 6.11. The van der Waals surface area contributed by atoms with Crippen LogP contribution >= 0.6 is 11.3 Å². The second kappa shape index (κ2) is 5.98. The van der Waals surface area contributed by atoms with Gasteiger partial charge >= 0.3 is 0 Å². The van der Waals surface area contributed by atoms with Crippen molar-refractivity contribution < 1.29 is 9.53 Å². The minimum atomic E-state index is -0.0581. The van der Waals surface area contributed by atoms with Crippen molar-refractivity contribution in [3.05, 3.63) is 40.4 Å². The molecule has 0 radical (unpaired) electrons. The molecule has 6 nitrogen and oxygen atoms in total. The fraction of sp³-hybridized carbons (Fsp3) is 0.500. The van der Waals surface area contributed by atoms with Crippen molar-refractivity contribution in [3.63, 3.8) is 0 Å². The summed E-state index contributed by atoms with van der Waals surface area (Å²) in [7, 11) is 0. The van der Waals surface area contributed by atoms with Crippen LogP contribution in [0.5, 0.6) is 0 Å². The number of ether oxygens (including phenoxy) is 1. The summed E-state index contributed by atoms with van der Waals surface area (Å²) in [4.78, 5) is 27.1. The lowest BCUT2D eigenvalue weighted by atomic mass is 9.91. The molecule has 1 amide bonds. The monoisotopic (exact) mass is 330 g/mol. The first-order valence-corrected chi connectivity index (χ1v) is 8.71. The zero-order valence-electron chi connectivity index (χ0n) is 12.9. The van der Waals surface area contributed by atoms with Crippen LogP contribution in [-0.2, 0) is 4.74 Å². The number of nitrogens with zero attached hydrogens (tertiary/aromatic N) is 4. The third kappa shape index (κ3) is 2.86. The van der Waals surface area contributed by atoms with E-state index in [1.165, 1.54) is 0 Å². The highest BCUT2D eigenvalue weighted by Crippen LogP contribution is 2.41. The molecular formula is C16H18N4O2S. The van der Waals surface area contributed by atoms with Gasteiger partial charge in [0.2, 0.25) is 0 Å². The molecule has 120 valence electrons. The molecule has 7 heteroatoms. The van der Waals surface area contributed by atoms with Crippen LogP contribution in [-0.4, -0.2) is 45.0 Å². The van der Waals surface area contributed by atoms with E-state index in [0.29, 0.717) is 18.2 Å². The summed E-state index contributed by atoms with van der Waals surface area (Å²) in [5, 5.41) is 3.02. The first kappa shape index (κ1) is 14.7. The first-order valence-electron chi connectivity index (χ1n) is 7.83. The van der Waals surface area contributed by atoms with Crippen molar-refractivity contribution in [1.29, 1.82) is 0 Å². The highest BCUT2D eigenvalue weighted by molar-refractivity contribution is 7.09. The van der Waals surface area contributed by atoms with E-state index in [2.05, 4.69) is 15.0 Å². The number of aromatic nitrogens is 3. The number of carbonyl (C=O) groups excluding carboxylic acids is 1. The number of hydrogen-bond acceptors (Lipinski definition) is 6. The number of fused-ring (bicyclic) bond motifs is 1. The molecule has 2 fully saturated rings. The van der Waals surface area contributed by atoms with Gasteiger partial charge in [-0.1, -0.05) is 0 Å². The molecule has 2 aromatic heterocycles. The van der Waals surface area contributed by atoms with Gasteiger partial charge in [-0.15, -0.1) is 11.3 Å². The number of likely N-dealkylation sites (tertiary alicyclic amines) is 1. The van der Waals surface area contributed by atoms with Gasteiger partial charge in [0.25, 0.3) is 5.91 Å². The van der Waals surface area contributed by atoms with Crippen molar-refractivity contribution in [2.45, 2.75) is 32.0 Å². The van der Waals surface area contributed by atoms with Crippen LogP contribution < -0.4 is 0 Å². The molecule has 0 aliphatic carbocycles. The highest BCUT2D eigenvalue weighted by atomic mass is 32.1. The number of amides is 1. The standard InChI is InChI=1S/C16H18N4O2S/c1-10-7-19-12(8-18-10)16(21)20-4-2-11-6-13(22-14(11)9-20)15-17-3-5-23-15/h3,5,7-8,11,13-14H,2,4,6,9H2,1H3/t11-,13+,14+/m0/s1. The molecule has 0 bridgehead atoms. The van der Waals surface area contributed by atoms with Gasteiger partial charge in [-0.2, -0.15) is 0 Å². The van der Waals surface area contributed by atoms with E-state index in [9.17, 15) is 4.79 Å². The Bertz CT molecular complexity index is 689. The Labute approximate surface area is 138 Å². The molecule has 3 atom stereocenters. The van der Waals surface area contributed by atoms with Crippen LogP contribution in [0.1, 0.15) is 40.1 Å². The molecule has 0 N–H and O–H groups in total. The fourth-order valence-corrected chi connectivity index (χ4v) is 4.02. The average Bonchev–Trinajstić information content (AvgIpc) is 3.23. The quantitative estimate of drug-likeness (QED) is 0.845. The van der Waals surface area contributed by atoms with E-state index < -0.39 is 0 Å². The lowest BCUT2D eigenvalue weighted by Gasteiger charge is -2.33. The normalized spacial score (nSPS) is 27.0. The fourth-order valence-electron chi connectivity index (χ4n) is 3.33. The zero-order valence-corrected chi connectivity index (χ0v) is 13.7. The molecule has 0 aromatic carbocycles. The van der Waals surface area contributed by atoms with Crippen LogP contribution in [0.2, 0.25) is 0 Å². The van der Waals surface area contributed by atoms with Crippen LogP contribution in [0.25, 0.3) is 0 Å². The van der Waals surface area contributed by atoms with Gasteiger partial charge in [0.15, 0.2) is 0 Å². The SMILES string of the molecule is Cc1cnc(C(=O)N2CC[C@H]3C[C@H](c4nccs4)O[C@@H]3C2)cn1. The zero-order chi connectivity index (χ0) is 15.8. The molecule has 2 aliphatic heterocycles. The number of carbonyl (C=O) groups is 1. The van der Waals surface area contributed by atoms with E-state index in [-0.39, 0.29) is 18.1 Å². The Kier molecular flexibility index (Phi) is 3.82. The van der Waals surface area contributed by atoms with E-state index >= 15 is 0 Å². The second-order valence-corrected chi connectivity index (χ2v) is 7.04. The highest BCUT2D eigenvalue weighted by Gasteiger charge is 2.41. The minimum Gasteiger partial charge on any atom is -0.366 e. The third-order valence-electron chi connectivity index (χ3n) is 4.57. The molecule has 23 heavy (non-hydrogen) atoms. The summed E-state index contributed by atoms with van der Waals surface area (Å²) >= 11 is 1.64. The molecule has 2 saturated heterocycles. The molecular weight excluding hydrogens is 312 g/mol. The minimum absolute atomic E-state index is 0.0581. The van der Waals surface area contributed by atoms with Gasteiger partial charge < -0.3 is 9.64 Å². The number of hydrogen-bond donors (Lipinski definition) is 0. The number of piperidine rings is 1. The smallest absolute Gasteiger partial charge is 0.274 e. The molecule has 2 aromatic rings. The Morgan fingerprint density at radius 1 is 1.35 bits per heavy atom. The lowest BCUT2D eigenvalue weighted by molar-refractivity contribution is -0.00465. The van der Waals surface area contributed by atoms with Crippen molar-refractivity contribution in [2.75, 3.05) is 13.1 Å². The predicted octanol–water partition coefficient (Wildman–Crippen LogP) is 2.23. The van der Waals surface area contributed by atoms with Gasteiger partial charge in [0.1, 0.15) is 16.8 Å². The van der Waals surface area contributed by atoms with Gasteiger partial charge in [-0.3, -0.25) is 9.78 Å². The first-order chi connectivity index (χ1) is 11.2. The van der Waals surface area contributed by atoms with Gasteiger partial charge in [-0.05, 0) is 25.7 Å². The number of thiazole rings is 1. The maximum atomic E-state index is 12.6. The largest absolute Gasteiger partial charge is 0.366 e. The number of rotatable bonds is 2. The lowest BCUT2D eigenvalue weighted by Crippen LogP contribution is -2.45. The maximum Gasteiger partial charge on any atom is 0.274 e. The van der Waals surface area contributed by atoms with Crippen molar-refractivity contribution in [3.8, 4) is 0 Å². The van der Waals surface area contributed by atoms with Crippen molar-refractivity contribution in [2.24, 2.45) is 5.92 Å². The van der Waals surface area contributed by atoms with Crippen molar-refractivity contribution in [1.82, 2.24) is 19.9 Å². The Morgan fingerprint density at radius 3 is 3.00 bits per heavy atom. The number of aryl methyl sites for hydroxylation is 1. The van der Waals surface area contributed by atoms with Crippen LogP contribution in [0, 0.1) is 12.8 Å². The summed E-state index contributed by atoms with van der Waals surface area (Å²) in [5.41, 5.74) is 1.22. The van der Waals surface area contributed by atoms with Gasteiger partial charge in [0, 0.05) is 30.9 Å². The van der Waals surface area contributed by atoms with E-state index in [0.717, 1.165) is 30.1 Å². The predicted molar refractivity (Wildman–Crippen MR) is 85.1 cm³/mol. The maximum absolute atomic E-state index is 12.6. The summed E-state index contributed by atoms with van der Waals surface area (Å²) < 4.78 is 6.16.